The number of para-hydroxylation sites is 2. The van der Waals surface area contributed by atoms with Gasteiger partial charge in [0.1, 0.15) is 0 Å². The molecule has 1 heterocycles. The molecule has 2 aromatic rings. The van der Waals surface area contributed by atoms with E-state index in [2.05, 4.69) is 0 Å². The van der Waals surface area contributed by atoms with E-state index in [0.717, 1.165) is 11.4 Å². The molecule has 6 heteroatoms. The highest BCUT2D eigenvalue weighted by Gasteiger charge is 2.34. The van der Waals surface area contributed by atoms with Crippen molar-refractivity contribution >= 4 is 27.2 Å². The van der Waals surface area contributed by atoms with Crippen molar-refractivity contribution in [1.82, 2.24) is 4.90 Å². The predicted octanol–water partition coefficient (Wildman–Crippen LogP) is 3.06. The Kier molecular flexibility index (Phi) is 4.57. The Morgan fingerprint density at radius 2 is 1.50 bits per heavy atom. The maximum absolute atomic E-state index is 13.1. The fourth-order valence-electron chi connectivity index (χ4n) is 2.79. The van der Waals surface area contributed by atoms with E-state index >= 15 is 0 Å². The zero-order valence-electron chi connectivity index (χ0n) is 13.5. The van der Waals surface area contributed by atoms with Gasteiger partial charge in [-0.25, -0.2) is 13.2 Å². The van der Waals surface area contributed by atoms with E-state index in [0.29, 0.717) is 0 Å². The van der Waals surface area contributed by atoms with Gasteiger partial charge in [-0.05, 0) is 31.2 Å². The molecule has 0 bridgehead atoms. The van der Waals surface area contributed by atoms with Gasteiger partial charge in [-0.15, -0.1) is 0 Å². The number of hydrogen-bond acceptors (Lipinski definition) is 3. The first-order chi connectivity index (χ1) is 11.5. The maximum atomic E-state index is 13.1. The molecule has 1 aliphatic rings. The number of urea groups is 1. The van der Waals surface area contributed by atoms with Gasteiger partial charge in [-0.2, -0.15) is 0 Å². The van der Waals surface area contributed by atoms with Gasteiger partial charge in [0.2, 0.25) is 0 Å². The maximum Gasteiger partial charge on any atom is 0.329 e. The lowest BCUT2D eigenvalue weighted by Gasteiger charge is -2.35. The number of rotatable bonds is 2. The highest BCUT2D eigenvalue weighted by Crippen LogP contribution is 2.27. The molecule has 126 valence electrons. The molecular formula is C18H20N2O3S. The second-order valence-corrected chi connectivity index (χ2v) is 8.45. The molecule has 0 radical (unpaired) electrons. The van der Waals surface area contributed by atoms with E-state index in [1.807, 2.05) is 60.7 Å². The number of benzene rings is 2. The van der Waals surface area contributed by atoms with Gasteiger partial charge in [-0.1, -0.05) is 36.4 Å². The summed E-state index contributed by atoms with van der Waals surface area (Å²) in [7, 11) is -3.10. The van der Waals surface area contributed by atoms with Crippen molar-refractivity contribution in [3.05, 3.63) is 60.7 Å². The average molecular weight is 344 g/mol. The largest absolute Gasteiger partial charge is 0.329 e. The SMILES string of the molecule is C[C@@H]1CN(C(=O)N(c2ccccc2)c2ccccc2)CCS1(=O)=O. The summed E-state index contributed by atoms with van der Waals surface area (Å²) in [5.74, 6) is 0.0112. The Hall–Kier alpha value is -2.34. The molecule has 0 unspecified atom stereocenters. The van der Waals surface area contributed by atoms with E-state index in [9.17, 15) is 13.2 Å². The van der Waals surface area contributed by atoms with Gasteiger partial charge in [0.05, 0.1) is 22.4 Å². The molecule has 1 aliphatic heterocycles. The minimum atomic E-state index is -3.10. The first-order valence-electron chi connectivity index (χ1n) is 7.90. The van der Waals surface area contributed by atoms with Crippen LogP contribution in [0.25, 0.3) is 0 Å². The summed E-state index contributed by atoms with van der Waals surface area (Å²) in [4.78, 5) is 16.4. The zero-order valence-corrected chi connectivity index (χ0v) is 14.3. The van der Waals surface area contributed by atoms with Gasteiger partial charge in [0.15, 0.2) is 9.84 Å². The summed E-state index contributed by atoms with van der Waals surface area (Å²) >= 11 is 0. The highest BCUT2D eigenvalue weighted by molar-refractivity contribution is 7.92. The number of carbonyl (C=O) groups is 1. The number of hydrogen-bond donors (Lipinski definition) is 0. The molecule has 0 N–H and O–H groups in total. The Balaban J connectivity index is 1.93. The van der Waals surface area contributed by atoms with E-state index in [1.54, 1.807) is 16.7 Å². The zero-order chi connectivity index (χ0) is 17.2. The predicted molar refractivity (Wildman–Crippen MR) is 95.2 cm³/mol. The Bertz CT molecular complexity index is 767. The smallest absolute Gasteiger partial charge is 0.322 e. The third kappa shape index (κ3) is 3.28. The van der Waals surface area contributed by atoms with Crippen LogP contribution < -0.4 is 4.90 Å². The summed E-state index contributed by atoms with van der Waals surface area (Å²) in [6, 6.07) is 18.6. The quantitative estimate of drug-likeness (QED) is 0.841. The molecule has 0 saturated carbocycles. The Morgan fingerprint density at radius 3 is 1.96 bits per heavy atom. The molecule has 2 aromatic carbocycles. The van der Waals surface area contributed by atoms with E-state index < -0.39 is 15.1 Å². The summed E-state index contributed by atoms with van der Waals surface area (Å²) < 4.78 is 23.8. The van der Waals surface area contributed by atoms with Crippen molar-refractivity contribution in [3.8, 4) is 0 Å². The van der Waals surface area contributed by atoms with Crippen molar-refractivity contribution in [2.45, 2.75) is 12.2 Å². The number of sulfone groups is 1. The molecule has 24 heavy (non-hydrogen) atoms. The van der Waals surface area contributed by atoms with Gasteiger partial charge in [0, 0.05) is 13.1 Å². The third-order valence-electron chi connectivity index (χ3n) is 4.23. The second-order valence-electron chi connectivity index (χ2n) is 5.91. The van der Waals surface area contributed by atoms with Crippen LogP contribution in [0.5, 0.6) is 0 Å². The molecule has 0 aromatic heterocycles. The van der Waals surface area contributed by atoms with Gasteiger partial charge < -0.3 is 4.90 Å². The van der Waals surface area contributed by atoms with E-state index in [-0.39, 0.29) is 24.9 Å². The number of amides is 2. The number of carbonyl (C=O) groups excluding carboxylic acids is 1. The van der Waals surface area contributed by atoms with Crippen LogP contribution >= 0.6 is 0 Å². The van der Waals surface area contributed by atoms with Crippen LogP contribution in [0.15, 0.2) is 60.7 Å². The minimum absolute atomic E-state index is 0.0112. The van der Waals surface area contributed by atoms with Gasteiger partial charge in [0.25, 0.3) is 0 Å². The Labute approximate surface area is 142 Å². The van der Waals surface area contributed by atoms with Crippen LogP contribution in [0.1, 0.15) is 6.92 Å². The molecule has 0 aliphatic carbocycles. The molecule has 3 rings (SSSR count). The summed E-state index contributed by atoms with van der Waals surface area (Å²) in [6.07, 6.45) is 0. The monoisotopic (exact) mass is 344 g/mol. The lowest BCUT2D eigenvalue weighted by molar-refractivity contribution is 0.208. The van der Waals surface area contributed by atoms with Crippen LogP contribution in [0.3, 0.4) is 0 Å². The highest BCUT2D eigenvalue weighted by atomic mass is 32.2. The summed E-state index contributed by atoms with van der Waals surface area (Å²) in [5.41, 5.74) is 1.52. The van der Waals surface area contributed by atoms with E-state index in [1.165, 1.54) is 0 Å². The van der Waals surface area contributed by atoms with Gasteiger partial charge >= 0.3 is 6.03 Å². The molecule has 1 atom stereocenters. The summed E-state index contributed by atoms with van der Waals surface area (Å²) in [6.45, 7) is 2.10. The van der Waals surface area contributed by atoms with Gasteiger partial charge in [-0.3, -0.25) is 4.90 Å². The molecule has 5 nitrogen and oxygen atoms in total. The molecule has 0 spiro atoms. The fourth-order valence-corrected chi connectivity index (χ4v) is 4.08. The number of nitrogens with zero attached hydrogens (tertiary/aromatic N) is 2. The molecule has 2 amide bonds. The minimum Gasteiger partial charge on any atom is -0.322 e. The van der Waals surface area contributed by atoms with Crippen LogP contribution in [-0.2, 0) is 9.84 Å². The lowest BCUT2D eigenvalue weighted by atomic mass is 10.2. The van der Waals surface area contributed by atoms with Crippen LogP contribution in [-0.4, -0.2) is 43.4 Å². The van der Waals surface area contributed by atoms with Crippen molar-refractivity contribution < 1.29 is 13.2 Å². The van der Waals surface area contributed by atoms with Crippen molar-refractivity contribution in [2.75, 3.05) is 23.7 Å². The van der Waals surface area contributed by atoms with Crippen LogP contribution in [0, 0.1) is 0 Å². The third-order valence-corrected chi connectivity index (χ3v) is 6.35. The van der Waals surface area contributed by atoms with E-state index in [4.69, 9.17) is 0 Å². The Morgan fingerprint density at radius 1 is 1.00 bits per heavy atom. The fraction of sp³-hybridized carbons (Fsp3) is 0.278. The molecular weight excluding hydrogens is 324 g/mol. The summed E-state index contributed by atoms with van der Waals surface area (Å²) in [5, 5.41) is -0.538. The van der Waals surface area contributed by atoms with Crippen molar-refractivity contribution in [1.29, 1.82) is 0 Å². The lowest BCUT2D eigenvalue weighted by Crippen LogP contribution is -2.51. The average Bonchev–Trinajstić information content (AvgIpc) is 2.59. The molecule has 1 fully saturated rings. The normalized spacial score (nSPS) is 19.7. The topological polar surface area (TPSA) is 57.7 Å². The second kappa shape index (κ2) is 6.65. The first kappa shape index (κ1) is 16.5. The first-order valence-corrected chi connectivity index (χ1v) is 9.61. The van der Waals surface area contributed by atoms with Crippen molar-refractivity contribution in [2.24, 2.45) is 0 Å². The van der Waals surface area contributed by atoms with Crippen molar-refractivity contribution in [3.63, 3.8) is 0 Å². The molecule has 1 saturated heterocycles. The standard InChI is InChI=1S/C18H20N2O3S/c1-15-14-19(12-13-24(15,22)23)18(21)20(16-8-4-2-5-9-16)17-10-6-3-7-11-17/h2-11,15H,12-14H2,1H3/t15-/m1/s1. The van der Waals surface area contributed by atoms with Crippen LogP contribution in [0.2, 0.25) is 0 Å². The number of anilines is 2. The van der Waals surface area contributed by atoms with Crippen LogP contribution in [0.4, 0.5) is 16.2 Å².